The van der Waals surface area contributed by atoms with Crippen molar-refractivity contribution >= 4 is 0 Å². The van der Waals surface area contributed by atoms with Gasteiger partial charge in [0.15, 0.2) is 0 Å². The van der Waals surface area contributed by atoms with E-state index in [-0.39, 0.29) is 0 Å². The summed E-state index contributed by atoms with van der Waals surface area (Å²) in [6, 6.07) is 0.848. The van der Waals surface area contributed by atoms with Crippen molar-refractivity contribution < 1.29 is 4.74 Å². The minimum atomic E-state index is 0.481. The Bertz CT molecular complexity index is 268. The van der Waals surface area contributed by atoms with Crippen molar-refractivity contribution in [2.24, 2.45) is 0 Å². The highest BCUT2D eigenvalue weighted by molar-refractivity contribution is 4.85. The van der Waals surface area contributed by atoms with Gasteiger partial charge in [0.2, 0.25) is 0 Å². The summed E-state index contributed by atoms with van der Waals surface area (Å²) in [6.45, 7) is 9.58. The summed E-state index contributed by atoms with van der Waals surface area (Å²) < 4.78 is 5.64. The molecule has 0 bridgehead atoms. The fourth-order valence-corrected chi connectivity index (χ4v) is 3.79. The van der Waals surface area contributed by atoms with Crippen LogP contribution in [0.25, 0.3) is 0 Å². The molecule has 0 saturated carbocycles. The Morgan fingerprint density at radius 2 is 2.00 bits per heavy atom. The molecule has 3 aliphatic heterocycles. The van der Waals surface area contributed by atoms with E-state index in [0.717, 1.165) is 25.7 Å². The van der Waals surface area contributed by atoms with E-state index in [1.54, 1.807) is 0 Å². The molecular weight excluding hydrogens is 238 g/mol. The molecule has 4 nitrogen and oxygen atoms in total. The Balaban J connectivity index is 1.32. The van der Waals surface area contributed by atoms with Gasteiger partial charge >= 0.3 is 0 Å². The molecule has 3 rings (SSSR count). The Morgan fingerprint density at radius 1 is 1.05 bits per heavy atom. The molecule has 0 aliphatic carbocycles. The third-order valence-electron chi connectivity index (χ3n) is 4.89. The molecule has 0 spiro atoms. The fourth-order valence-electron chi connectivity index (χ4n) is 3.79. The molecule has 0 radical (unpaired) electrons. The third kappa shape index (κ3) is 3.91. The van der Waals surface area contributed by atoms with Crippen LogP contribution in [-0.4, -0.2) is 74.4 Å². The summed E-state index contributed by atoms with van der Waals surface area (Å²) in [4.78, 5) is 5.37. The van der Waals surface area contributed by atoms with E-state index < -0.39 is 0 Å². The van der Waals surface area contributed by atoms with E-state index in [1.807, 2.05) is 0 Å². The lowest BCUT2D eigenvalue weighted by atomic mass is 10.2. The first kappa shape index (κ1) is 13.8. The van der Waals surface area contributed by atoms with Gasteiger partial charge in [-0.05, 0) is 51.7 Å². The van der Waals surface area contributed by atoms with Gasteiger partial charge in [-0.3, -0.25) is 4.90 Å². The van der Waals surface area contributed by atoms with Gasteiger partial charge in [-0.1, -0.05) is 0 Å². The second-order valence-corrected chi connectivity index (χ2v) is 6.33. The highest BCUT2D eigenvalue weighted by atomic mass is 16.5. The molecule has 3 saturated heterocycles. The SMILES string of the molecule is C1COC(CNCCN2CCCN3CCCC3C2)C1. The second-order valence-electron chi connectivity index (χ2n) is 6.33. The first-order valence-electron chi connectivity index (χ1n) is 8.20. The first-order chi connectivity index (χ1) is 9.42. The lowest BCUT2D eigenvalue weighted by Crippen LogP contribution is -2.40. The van der Waals surface area contributed by atoms with E-state index in [2.05, 4.69) is 15.1 Å². The number of nitrogens with zero attached hydrogens (tertiary/aromatic N) is 2. The number of ether oxygens (including phenoxy) is 1. The normalized spacial score (nSPS) is 33.5. The van der Waals surface area contributed by atoms with Crippen LogP contribution in [0.4, 0.5) is 0 Å². The molecule has 1 N–H and O–H groups in total. The smallest absolute Gasteiger partial charge is 0.0700 e. The predicted octanol–water partition coefficient (Wildman–Crippen LogP) is 0.925. The fraction of sp³-hybridized carbons (Fsp3) is 1.00. The highest BCUT2D eigenvalue weighted by Crippen LogP contribution is 2.20. The van der Waals surface area contributed by atoms with Crippen molar-refractivity contribution in [3.63, 3.8) is 0 Å². The van der Waals surface area contributed by atoms with Gasteiger partial charge in [0.1, 0.15) is 0 Å². The maximum Gasteiger partial charge on any atom is 0.0700 e. The molecule has 2 atom stereocenters. The Morgan fingerprint density at radius 3 is 2.89 bits per heavy atom. The van der Waals surface area contributed by atoms with Crippen molar-refractivity contribution in [2.75, 3.05) is 52.4 Å². The summed E-state index contributed by atoms with van der Waals surface area (Å²) in [7, 11) is 0. The van der Waals surface area contributed by atoms with E-state index in [1.165, 1.54) is 64.8 Å². The predicted molar refractivity (Wildman–Crippen MR) is 77.5 cm³/mol. The minimum Gasteiger partial charge on any atom is -0.377 e. The van der Waals surface area contributed by atoms with Gasteiger partial charge in [-0.2, -0.15) is 0 Å². The van der Waals surface area contributed by atoms with Gasteiger partial charge in [0.25, 0.3) is 0 Å². The molecule has 4 heteroatoms. The second kappa shape index (κ2) is 7.02. The summed E-state index contributed by atoms with van der Waals surface area (Å²) in [5.41, 5.74) is 0. The molecule has 3 aliphatic rings. The van der Waals surface area contributed by atoms with Crippen LogP contribution in [0.2, 0.25) is 0 Å². The average molecular weight is 267 g/mol. The molecule has 110 valence electrons. The molecule has 0 aromatic carbocycles. The lowest BCUT2D eigenvalue weighted by Gasteiger charge is -2.25. The van der Waals surface area contributed by atoms with E-state index >= 15 is 0 Å². The van der Waals surface area contributed by atoms with Crippen LogP contribution < -0.4 is 5.32 Å². The quantitative estimate of drug-likeness (QED) is 0.750. The summed E-state index contributed by atoms with van der Waals surface area (Å²) >= 11 is 0. The maximum atomic E-state index is 5.64. The van der Waals surface area contributed by atoms with Crippen molar-refractivity contribution in [1.82, 2.24) is 15.1 Å². The van der Waals surface area contributed by atoms with Gasteiger partial charge in [0.05, 0.1) is 6.10 Å². The minimum absolute atomic E-state index is 0.481. The zero-order valence-corrected chi connectivity index (χ0v) is 12.1. The molecule has 0 aromatic rings. The van der Waals surface area contributed by atoms with Crippen LogP contribution in [0.1, 0.15) is 32.1 Å². The molecule has 19 heavy (non-hydrogen) atoms. The third-order valence-corrected chi connectivity index (χ3v) is 4.89. The van der Waals surface area contributed by atoms with Gasteiger partial charge in [-0.25, -0.2) is 0 Å². The van der Waals surface area contributed by atoms with Crippen LogP contribution in [0.5, 0.6) is 0 Å². The van der Waals surface area contributed by atoms with Crippen molar-refractivity contribution in [2.45, 2.75) is 44.2 Å². The summed E-state index contributed by atoms with van der Waals surface area (Å²) in [5.74, 6) is 0. The van der Waals surface area contributed by atoms with E-state index in [9.17, 15) is 0 Å². The zero-order valence-electron chi connectivity index (χ0n) is 12.1. The van der Waals surface area contributed by atoms with Gasteiger partial charge < -0.3 is 15.0 Å². The van der Waals surface area contributed by atoms with Crippen molar-refractivity contribution in [3.05, 3.63) is 0 Å². The van der Waals surface area contributed by atoms with Crippen LogP contribution in [-0.2, 0) is 4.74 Å². The number of nitrogens with one attached hydrogen (secondary N) is 1. The Kier molecular flexibility index (Phi) is 5.10. The molecule has 0 aromatic heterocycles. The Hall–Kier alpha value is -0.160. The Labute approximate surface area is 117 Å². The highest BCUT2D eigenvalue weighted by Gasteiger charge is 2.28. The molecule has 3 heterocycles. The van der Waals surface area contributed by atoms with Crippen molar-refractivity contribution in [3.8, 4) is 0 Å². The molecule has 3 fully saturated rings. The first-order valence-corrected chi connectivity index (χ1v) is 8.20. The number of fused-ring (bicyclic) bond motifs is 1. The van der Waals surface area contributed by atoms with E-state index in [4.69, 9.17) is 4.74 Å². The monoisotopic (exact) mass is 267 g/mol. The number of hydrogen-bond acceptors (Lipinski definition) is 4. The standard InChI is InChI=1S/C15H29N3O/c1-4-14-13-17(7-3-9-18(14)8-1)10-6-16-12-15-5-2-11-19-15/h14-16H,1-13H2. The number of hydrogen-bond donors (Lipinski definition) is 1. The van der Waals surface area contributed by atoms with Gasteiger partial charge in [0, 0.05) is 38.8 Å². The summed E-state index contributed by atoms with van der Waals surface area (Å²) in [5, 5.41) is 3.57. The molecule has 2 unspecified atom stereocenters. The topological polar surface area (TPSA) is 27.7 Å². The van der Waals surface area contributed by atoms with Gasteiger partial charge in [-0.15, -0.1) is 0 Å². The van der Waals surface area contributed by atoms with Crippen LogP contribution in [0.15, 0.2) is 0 Å². The maximum absolute atomic E-state index is 5.64. The van der Waals surface area contributed by atoms with Crippen LogP contribution in [0.3, 0.4) is 0 Å². The molecular formula is C15H29N3O. The van der Waals surface area contributed by atoms with Crippen LogP contribution >= 0.6 is 0 Å². The van der Waals surface area contributed by atoms with Crippen molar-refractivity contribution in [1.29, 1.82) is 0 Å². The average Bonchev–Trinajstić information content (AvgIpc) is 3.04. The van der Waals surface area contributed by atoms with Crippen LogP contribution in [0, 0.1) is 0 Å². The zero-order chi connectivity index (χ0) is 12.9. The molecule has 0 amide bonds. The van der Waals surface area contributed by atoms with E-state index in [0.29, 0.717) is 6.10 Å². The largest absolute Gasteiger partial charge is 0.377 e. The summed E-state index contributed by atoms with van der Waals surface area (Å²) in [6.07, 6.45) is 7.15. The lowest BCUT2D eigenvalue weighted by molar-refractivity contribution is 0.109. The number of rotatable bonds is 5.